The number of hydrogen-bond acceptors (Lipinski definition) is 3. The van der Waals surface area contributed by atoms with Crippen LogP contribution in [0.5, 0.6) is 0 Å². The minimum absolute atomic E-state index is 0.0301. The molecule has 2 atom stereocenters. The molecule has 1 rings (SSSR count). The number of quaternary nitrogens is 1. The van der Waals surface area contributed by atoms with Gasteiger partial charge in [-0.3, -0.25) is 5.73 Å². The molecular formula is C19H34N3O2+. The van der Waals surface area contributed by atoms with Crippen molar-refractivity contribution in [1.29, 1.82) is 0 Å². The standard InChI is InChI=1S/C19H33N3O2/c1-3-4-5-6-7-8-9-10-11-12-13-18-21-14-15-22(18,17(2)20)16-19(23)24/h3,14-15,17H,1,4-13,16,20H2,2H3/p+1. The lowest BCUT2D eigenvalue weighted by Gasteiger charge is -2.34. The molecule has 0 aliphatic carbocycles. The van der Waals surface area contributed by atoms with Gasteiger partial charge in [0.1, 0.15) is 12.4 Å². The van der Waals surface area contributed by atoms with Crippen molar-refractivity contribution in [2.45, 2.75) is 77.3 Å². The van der Waals surface area contributed by atoms with Gasteiger partial charge in [-0.25, -0.2) is 14.3 Å². The minimum Gasteiger partial charge on any atom is -0.477 e. The molecule has 1 aliphatic heterocycles. The number of carbonyl (C=O) groups is 1. The monoisotopic (exact) mass is 336 g/mol. The van der Waals surface area contributed by atoms with Crippen LogP contribution in [-0.4, -0.2) is 34.1 Å². The van der Waals surface area contributed by atoms with Crippen molar-refractivity contribution >= 4 is 11.8 Å². The summed E-state index contributed by atoms with van der Waals surface area (Å²) in [6.07, 6.45) is 17.1. The number of hydrogen-bond donors (Lipinski definition) is 2. The van der Waals surface area contributed by atoms with Gasteiger partial charge in [0.05, 0.1) is 6.20 Å². The van der Waals surface area contributed by atoms with Gasteiger partial charge in [0.15, 0.2) is 6.54 Å². The Hall–Kier alpha value is -1.46. The second kappa shape index (κ2) is 11.2. The first-order valence-electron chi connectivity index (χ1n) is 9.23. The molecule has 5 heteroatoms. The number of carboxylic acids is 1. The van der Waals surface area contributed by atoms with Crippen LogP contribution in [0.15, 0.2) is 30.0 Å². The Labute approximate surface area is 146 Å². The van der Waals surface area contributed by atoms with E-state index in [1.165, 1.54) is 38.5 Å². The molecule has 1 aliphatic rings. The second-order valence-electron chi connectivity index (χ2n) is 6.72. The van der Waals surface area contributed by atoms with E-state index in [1.54, 1.807) is 6.20 Å². The van der Waals surface area contributed by atoms with E-state index in [-0.39, 0.29) is 17.2 Å². The summed E-state index contributed by atoms with van der Waals surface area (Å²) in [6.45, 7) is 5.56. The van der Waals surface area contributed by atoms with Crippen molar-refractivity contribution in [2.24, 2.45) is 10.7 Å². The fourth-order valence-electron chi connectivity index (χ4n) is 3.22. The average molecular weight is 337 g/mol. The Balaban J connectivity index is 2.22. The zero-order chi connectivity index (χ0) is 17.8. The van der Waals surface area contributed by atoms with Crippen LogP contribution in [0.25, 0.3) is 0 Å². The van der Waals surface area contributed by atoms with E-state index in [0.29, 0.717) is 0 Å². The van der Waals surface area contributed by atoms with Crippen molar-refractivity contribution in [3.05, 3.63) is 25.1 Å². The van der Waals surface area contributed by atoms with Crippen LogP contribution in [0.2, 0.25) is 0 Å². The van der Waals surface area contributed by atoms with Crippen molar-refractivity contribution in [3.8, 4) is 0 Å². The van der Waals surface area contributed by atoms with Crippen LogP contribution in [0.3, 0.4) is 0 Å². The third kappa shape index (κ3) is 6.57. The molecule has 0 aromatic carbocycles. The lowest BCUT2D eigenvalue weighted by Crippen LogP contribution is -2.59. The molecular weight excluding hydrogens is 302 g/mol. The van der Waals surface area contributed by atoms with Gasteiger partial charge in [0.25, 0.3) is 0 Å². The van der Waals surface area contributed by atoms with Crippen LogP contribution in [0, 0.1) is 0 Å². The number of aliphatic carboxylic acids is 1. The Morgan fingerprint density at radius 1 is 1.25 bits per heavy atom. The van der Waals surface area contributed by atoms with E-state index in [0.717, 1.165) is 31.5 Å². The van der Waals surface area contributed by atoms with E-state index >= 15 is 0 Å². The molecule has 136 valence electrons. The number of nitrogens with two attached hydrogens (primary N) is 1. The average Bonchev–Trinajstić information content (AvgIpc) is 2.92. The summed E-state index contributed by atoms with van der Waals surface area (Å²) in [5.41, 5.74) is 6.06. The highest BCUT2D eigenvalue weighted by Crippen LogP contribution is 2.23. The van der Waals surface area contributed by atoms with Crippen LogP contribution in [0.1, 0.15) is 71.1 Å². The number of carboxylic acid groups (broad SMARTS) is 1. The molecule has 0 aromatic rings. The third-order valence-corrected chi connectivity index (χ3v) is 4.72. The molecule has 0 radical (unpaired) electrons. The summed E-state index contributed by atoms with van der Waals surface area (Å²) < 4.78 is 0.165. The Morgan fingerprint density at radius 3 is 2.38 bits per heavy atom. The smallest absolute Gasteiger partial charge is 0.360 e. The Bertz CT molecular complexity index is 458. The summed E-state index contributed by atoms with van der Waals surface area (Å²) in [5.74, 6) is 0.0415. The van der Waals surface area contributed by atoms with E-state index in [2.05, 4.69) is 11.6 Å². The molecule has 0 fully saturated rings. The highest BCUT2D eigenvalue weighted by molar-refractivity contribution is 5.81. The molecule has 0 saturated carbocycles. The first kappa shape index (κ1) is 20.6. The highest BCUT2D eigenvalue weighted by atomic mass is 16.4. The van der Waals surface area contributed by atoms with E-state index in [9.17, 15) is 9.90 Å². The van der Waals surface area contributed by atoms with Crippen LogP contribution < -0.4 is 5.73 Å². The number of allylic oxidation sites excluding steroid dienone is 1. The zero-order valence-electron chi connectivity index (χ0n) is 15.1. The second-order valence-corrected chi connectivity index (χ2v) is 6.72. The molecule has 0 saturated heterocycles. The molecule has 5 nitrogen and oxygen atoms in total. The fraction of sp³-hybridized carbons (Fsp3) is 0.684. The summed E-state index contributed by atoms with van der Waals surface area (Å²) in [4.78, 5) is 15.6. The van der Waals surface area contributed by atoms with Gasteiger partial charge in [-0.15, -0.1) is 6.58 Å². The number of unbranched alkanes of at least 4 members (excludes halogenated alkanes) is 8. The quantitative estimate of drug-likeness (QED) is 0.284. The number of amidine groups is 1. The van der Waals surface area contributed by atoms with Crippen LogP contribution >= 0.6 is 0 Å². The first-order valence-corrected chi connectivity index (χ1v) is 9.23. The highest BCUT2D eigenvalue weighted by Gasteiger charge is 2.40. The molecule has 0 spiro atoms. The normalized spacial score (nSPS) is 20.8. The van der Waals surface area contributed by atoms with E-state index in [4.69, 9.17) is 5.73 Å². The number of aliphatic imine (C=N–C) groups is 1. The minimum atomic E-state index is -0.844. The predicted molar refractivity (Wildman–Crippen MR) is 99.4 cm³/mol. The Morgan fingerprint density at radius 2 is 1.83 bits per heavy atom. The maximum Gasteiger partial charge on any atom is 0.360 e. The summed E-state index contributed by atoms with van der Waals surface area (Å²) >= 11 is 0. The molecule has 24 heavy (non-hydrogen) atoms. The van der Waals surface area contributed by atoms with Gasteiger partial charge >= 0.3 is 5.97 Å². The lowest BCUT2D eigenvalue weighted by molar-refractivity contribution is -0.805. The van der Waals surface area contributed by atoms with Gasteiger partial charge in [0, 0.05) is 13.3 Å². The van der Waals surface area contributed by atoms with Crippen LogP contribution in [-0.2, 0) is 4.79 Å². The van der Waals surface area contributed by atoms with Crippen LogP contribution in [0.4, 0.5) is 0 Å². The molecule has 0 amide bonds. The predicted octanol–water partition coefficient (Wildman–Crippen LogP) is 4.16. The van der Waals surface area contributed by atoms with Crippen molar-refractivity contribution in [1.82, 2.24) is 0 Å². The molecule has 2 unspecified atom stereocenters. The van der Waals surface area contributed by atoms with E-state index in [1.807, 2.05) is 19.2 Å². The number of nitrogens with zero attached hydrogens (tertiary/aromatic N) is 2. The molecule has 1 heterocycles. The van der Waals surface area contributed by atoms with Gasteiger partial charge < -0.3 is 5.11 Å². The maximum atomic E-state index is 11.2. The molecule has 0 aromatic heterocycles. The summed E-state index contributed by atoms with van der Waals surface area (Å²) in [7, 11) is 0. The van der Waals surface area contributed by atoms with Crippen molar-refractivity contribution < 1.29 is 14.4 Å². The van der Waals surface area contributed by atoms with Gasteiger partial charge in [-0.05, 0) is 19.3 Å². The lowest BCUT2D eigenvalue weighted by atomic mass is 10.1. The largest absolute Gasteiger partial charge is 0.477 e. The molecule has 0 bridgehead atoms. The zero-order valence-corrected chi connectivity index (χ0v) is 15.1. The van der Waals surface area contributed by atoms with Crippen molar-refractivity contribution in [3.63, 3.8) is 0 Å². The summed E-state index contributed by atoms with van der Waals surface area (Å²) in [5, 5.41) is 9.19. The van der Waals surface area contributed by atoms with E-state index < -0.39 is 5.97 Å². The van der Waals surface area contributed by atoms with Gasteiger partial charge in [-0.1, -0.05) is 44.6 Å². The topological polar surface area (TPSA) is 75.7 Å². The third-order valence-electron chi connectivity index (χ3n) is 4.72. The first-order chi connectivity index (χ1) is 11.5. The SMILES string of the molecule is C=CCCCCCCCCCCC1=NC=C[N+]1(CC(=O)O)C(C)N. The Kier molecular flexibility index (Phi) is 9.57. The fourth-order valence-corrected chi connectivity index (χ4v) is 3.22. The number of rotatable bonds is 14. The summed E-state index contributed by atoms with van der Waals surface area (Å²) in [6, 6.07) is 0. The maximum absolute atomic E-state index is 11.2. The van der Waals surface area contributed by atoms with Gasteiger partial charge in [0.2, 0.25) is 5.84 Å². The van der Waals surface area contributed by atoms with Crippen molar-refractivity contribution in [2.75, 3.05) is 6.54 Å². The molecule has 3 N–H and O–H groups in total. The van der Waals surface area contributed by atoms with Gasteiger partial charge in [-0.2, -0.15) is 0 Å².